The van der Waals surface area contributed by atoms with Gasteiger partial charge in [-0.3, -0.25) is 4.79 Å². The smallest absolute Gasteiger partial charge is 0.301 e. The van der Waals surface area contributed by atoms with E-state index in [0.717, 1.165) is 4.90 Å². The number of carbonyl (C=O) groups is 1. The second-order valence-electron chi connectivity index (χ2n) is 8.31. The summed E-state index contributed by atoms with van der Waals surface area (Å²) in [6.07, 6.45) is 1.74. The molecule has 0 radical (unpaired) electrons. The van der Waals surface area contributed by atoms with Crippen molar-refractivity contribution in [2.45, 2.75) is 23.3 Å². The molecule has 2 atom stereocenters. The standard InChI is InChI=1S/C24H22F2N6O3S/c1-36(28,34)19-5-3-18(4-6-19)30-22-8-10-29-23(31-22)16-2-7-20(17(12-16)13-27)35-21-9-11-32(15-33)14-24(21,25)26/h2-8,10,12,15,21,28H,9,11,14H2,1H3,(H,29,30,31)/t21-,36?/m0/s1. The van der Waals surface area contributed by atoms with Gasteiger partial charge >= 0.3 is 5.92 Å². The van der Waals surface area contributed by atoms with Gasteiger partial charge in [0.15, 0.2) is 11.9 Å². The van der Waals surface area contributed by atoms with Crippen molar-refractivity contribution in [2.75, 3.05) is 24.7 Å². The molecule has 1 saturated heterocycles. The molecule has 1 amide bonds. The number of alkyl halides is 2. The molecule has 1 unspecified atom stereocenters. The molecule has 0 aliphatic carbocycles. The lowest BCUT2D eigenvalue weighted by molar-refractivity contribution is -0.151. The van der Waals surface area contributed by atoms with E-state index in [-0.39, 0.29) is 24.3 Å². The Balaban J connectivity index is 1.53. The summed E-state index contributed by atoms with van der Waals surface area (Å²) in [5, 5.41) is 12.7. The molecule has 1 fully saturated rings. The maximum absolute atomic E-state index is 14.4. The summed E-state index contributed by atoms with van der Waals surface area (Å²) in [4.78, 5) is 20.9. The van der Waals surface area contributed by atoms with Crippen molar-refractivity contribution in [1.29, 1.82) is 10.0 Å². The molecule has 1 aromatic heterocycles. The topological polar surface area (TPSA) is 132 Å². The molecule has 0 bridgehead atoms. The minimum absolute atomic E-state index is 0.0155. The molecule has 2 N–H and O–H groups in total. The Morgan fingerprint density at radius 3 is 2.67 bits per heavy atom. The Morgan fingerprint density at radius 2 is 2.03 bits per heavy atom. The van der Waals surface area contributed by atoms with Gasteiger partial charge in [-0.05, 0) is 48.5 Å². The van der Waals surface area contributed by atoms with Crippen molar-refractivity contribution >= 4 is 27.6 Å². The van der Waals surface area contributed by atoms with E-state index in [1.807, 2.05) is 6.07 Å². The van der Waals surface area contributed by atoms with Gasteiger partial charge in [0.25, 0.3) is 0 Å². The molecule has 9 nitrogen and oxygen atoms in total. The molecule has 4 rings (SSSR count). The van der Waals surface area contributed by atoms with E-state index in [9.17, 15) is 23.0 Å². The van der Waals surface area contributed by atoms with Crippen LogP contribution in [0.4, 0.5) is 20.3 Å². The van der Waals surface area contributed by atoms with Crippen LogP contribution in [0.25, 0.3) is 11.4 Å². The molecule has 12 heteroatoms. The number of nitriles is 1. The number of piperidine rings is 1. The van der Waals surface area contributed by atoms with E-state index in [2.05, 4.69) is 15.3 Å². The zero-order valence-electron chi connectivity index (χ0n) is 19.1. The lowest BCUT2D eigenvalue weighted by atomic mass is 10.0. The summed E-state index contributed by atoms with van der Waals surface area (Å²) in [7, 11) is -2.81. The summed E-state index contributed by atoms with van der Waals surface area (Å²) < 4.78 is 53.8. The van der Waals surface area contributed by atoms with Crippen molar-refractivity contribution in [3.63, 3.8) is 0 Å². The third kappa shape index (κ3) is 5.58. The highest BCUT2D eigenvalue weighted by Crippen LogP contribution is 2.33. The van der Waals surface area contributed by atoms with Gasteiger partial charge in [-0.25, -0.2) is 27.7 Å². The van der Waals surface area contributed by atoms with Crippen molar-refractivity contribution in [3.05, 3.63) is 60.3 Å². The number of likely N-dealkylation sites (tertiary alicyclic amines) is 1. The van der Waals surface area contributed by atoms with Gasteiger partial charge in [-0.2, -0.15) is 5.26 Å². The molecule has 0 saturated carbocycles. The maximum atomic E-state index is 14.4. The number of hydrogen-bond acceptors (Lipinski definition) is 8. The molecule has 2 aromatic carbocycles. The van der Waals surface area contributed by atoms with E-state index in [1.165, 1.54) is 24.6 Å². The van der Waals surface area contributed by atoms with E-state index < -0.39 is 28.3 Å². The van der Waals surface area contributed by atoms with Crippen molar-refractivity contribution in [3.8, 4) is 23.2 Å². The molecular weight excluding hydrogens is 490 g/mol. The Bertz CT molecular complexity index is 1420. The number of anilines is 2. The molecular formula is C24H22F2N6O3S. The lowest BCUT2D eigenvalue weighted by Crippen LogP contribution is -2.53. The number of amides is 1. The number of aromatic nitrogens is 2. The predicted molar refractivity (Wildman–Crippen MR) is 129 cm³/mol. The SMILES string of the molecule is CS(=N)(=O)c1ccc(Nc2ccnc(-c3ccc(O[C@H]4CCN(C=O)CC4(F)F)c(C#N)c3)n2)cc1. The molecule has 1 aliphatic rings. The Hall–Kier alpha value is -4.11. The van der Waals surface area contributed by atoms with Crippen LogP contribution < -0.4 is 10.1 Å². The van der Waals surface area contributed by atoms with E-state index in [1.54, 1.807) is 36.4 Å². The molecule has 3 aromatic rings. The van der Waals surface area contributed by atoms with E-state index >= 15 is 0 Å². The zero-order chi connectivity index (χ0) is 25.9. The number of nitrogens with zero attached hydrogens (tertiary/aromatic N) is 4. The monoisotopic (exact) mass is 512 g/mol. The van der Waals surface area contributed by atoms with Crippen LogP contribution >= 0.6 is 0 Å². The van der Waals surface area contributed by atoms with Crippen LogP contribution in [0.15, 0.2) is 59.6 Å². The van der Waals surface area contributed by atoms with E-state index in [4.69, 9.17) is 9.52 Å². The number of benzene rings is 2. The Labute approximate surface area is 206 Å². The highest BCUT2D eigenvalue weighted by atomic mass is 32.2. The van der Waals surface area contributed by atoms with Crippen LogP contribution in [0.5, 0.6) is 5.75 Å². The summed E-state index contributed by atoms with van der Waals surface area (Å²) in [5.41, 5.74) is 1.20. The first-order valence-corrected chi connectivity index (χ1v) is 12.8. The lowest BCUT2D eigenvalue weighted by Gasteiger charge is -2.36. The quantitative estimate of drug-likeness (QED) is 0.457. The van der Waals surface area contributed by atoms with Crippen LogP contribution in [0.3, 0.4) is 0 Å². The number of nitrogens with one attached hydrogen (secondary N) is 2. The second-order valence-corrected chi connectivity index (χ2v) is 10.5. The van der Waals surface area contributed by atoms with Gasteiger partial charge in [0.05, 0.1) is 21.8 Å². The third-order valence-corrected chi connectivity index (χ3v) is 6.74. The molecule has 186 valence electrons. The predicted octanol–water partition coefficient (Wildman–Crippen LogP) is 4.04. The summed E-state index contributed by atoms with van der Waals surface area (Å²) in [6.45, 7) is -0.599. The Kier molecular flexibility index (Phi) is 6.85. The van der Waals surface area contributed by atoms with Crippen molar-refractivity contribution in [2.24, 2.45) is 0 Å². The zero-order valence-corrected chi connectivity index (χ0v) is 20.0. The molecule has 1 aliphatic heterocycles. The maximum Gasteiger partial charge on any atom is 0.301 e. The minimum Gasteiger partial charge on any atom is -0.483 e. The summed E-state index contributed by atoms with van der Waals surface area (Å²) >= 11 is 0. The van der Waals surface area contributed by atoms with Crippen molar-refractivity contribution in [1.82, 2.24) is 14.9 Å². The average Bonchev–Trinajstić information content (AvgIpc) is 2.85. The molecule has 36 heavy (non-hydrogen) atoms. The molecule has 2 heterocycles. The fourth-order valence-corrected chi connectivity index (χ4v) is 4.36. The molecule has 0 spiro atoms. The summed E-state index contributed by atoms with van der Waals surface area (Å²) in [6, 6.07) is 14.7. The fourth-order valence-electron chi connectivity index (χ4n) is 3.71. The number of rotatable bonds is 7. The van der Waals surface area contributed by atoms with Crippen LogP contribution in [-0.4, -0.2) is 56.9 Å². The van der Waals surface area contributed by atoms with Gasteiger partial charge in [-0.1, -0.05) is 0 Å². The van der Waals surface area contributed by atoms with Gasteiger partial charge in [-0.15, -0.1) is 0 Å². The summed E-state index contributed by atoms with van der Waals surface area (Å²) in [5.74, 6) is -2.48. The second kappa shape index (κ2) is 9.87. The van der Waals surface area contributed by atoms with Crippen LogP contribution in [0.2, 0.25) is 0 Å². The van der Waals surface area contributed by atoms with Crippen LogP contribution in [0.1, 0.15) is 12.0 Å². The highest BCUT2D eigenvalue weighted by molar-refractivity contribution is 7.91. The van der Waals surface area contributed by atoms with Crippen LogP contribution in [0, 0.1) is 16.1 Å². The fraction of sp³-hybridized carbons (Fsp3) is 0.250. The normalized spacial score (nSPS) is 18.5. The number of carbonyl (C=O) groups excluding carboxylic acids is 1. The number of hydrogen-bond donors (Lipinski definition) is 2. The Morgan fingerprint density at radius 1 is 1.28 bits per heavy atom. The average molecular weight is 513 g/mol. The third-order valence-electron chi connectivity index (χ3n) is 5.57. The first-order valence-electron chi connectivity index (χ1n) is 10.8. The van der Waals surface area contributed by atoms with E-state index in [0.29, 0.717) is 34.2 Å². The largest absolute Gasteiger partial charge is 0.483 e. The van der Waals surface area contributed by atoms with Crippen molar-refractivity contribution < 1.29 is 22.5 Å². The highest BCUT2D eigenvalue weighted by Gasteiger charge is 2.46. The van der Waals surface area contributed by atoms with Gasteiger partial charge in [0.2, 0.25) is 6.41 Å². The first-order chi connectivity index (χ1) is 17.1. The first kappa shape index (κ1) is 25.0. The minimum atomic E-state index is -3.25. The van der Waals surface area contributed by atoms with Gasteiger partial charge in [0.1, 0.15) is 17.6 Å². The number of halogens is 2. The van der Waals surface area contributed by atoms with Gasteiger partial charge < -0.3 is 15.0 Å². The van der Waals surface area contributed by atoms with Gasteiger partial charge in [0, 0.05) is 41.6 Å². The van der Waals surface area contributed by atoms with Crippen LogP contribution in [-0.2, 0) is 14.5 Å². The number of ether oxygens (including phenoxy) is 1.